The second-order valence-corrected chi connectivity index (χ2v) is 6.40. The summed E-state index contributed by atoms with van der Waals surface area (Å²) in [6, 6.07) is 0. The number of nitrogens with one attached hydrogen (secondary N) is 1. The van der Waals surface area contributed by atoms with E-state index in [1.165, 1.54) is 0 Å². The van der Waals surface area contributed by atoms with E-state index >= 15 is 0 Å². The van der Waals surface area contributed by atoms with Gasteiger partial charge in [-0.3, -0.25) is 4.79 Å². The molecule has 0 aliphatic carbocycles. The number of hydrogen-bond donors (Lipinski definition) is 1. The highest BCUT2D eigenvalue weighted by Crippen LogP contribution is 2.25. The fourth-order valence-electron chi connectivity index (χ4n) is 2.47. The van der Waals surface area contributed by atoms with Crippen molar-refractivity contribution in [3.63, 3.8) is 0 Å². The summed E-state index contributed by atoms with van der Waals surface area (Å²) in [6.45, 7) is 6.68. The average molecular weight is 302 g/mol. The molecule has 0 radical (unpaired) electrons. The van der Waals surface area contributed by atoms with Gasteiger partial charge in [-0.2, -0.15) is 0 Å². The highest BCUT2D eigenvalue weighted by Gasteiger charge is 2.12. The lowest BCUT2D eigenvalue weighted by atomic mass is 10.2. The van der Waals surface area contributed by atoms with Crippen molar-refractivity contribution in [1.29, 1.82) is 0 Å². The Balaban J connectivity index is 2.01. The number of aromatic nitrogens is 4. The molecule has 110 valence electrons. The van der Waals surface area contributed by atoms with Crippen LogP contribution < -0.4 is 5.56 Å². The van der Waals surface area contributed by atoms with Crippen LogP contribution in [0.2, 0.25) is 0 Å². The Morgan fingerprint density at radius 1 is 1.38 bits per heavy atom. The lowest BCUT2D eigenvalue weighted by Gasteiger charge is -2.06. The summed E-state index contributed by atoms with van der Waals surface area (Å²) < 4.78 is 2.04. The van der Waals surface area contributed by atoms with Crippen LogP contribution in [0.15, 0.2) is 17.2 Å². The van der Waals surface area contributed by atoms with Crippen molar-refractivity contribution in [2.45, 2.75) is 40.2 Å². The van der Waals surface area contributed by atoms with Crippen LogP contribution in [0, 0.1) is 13.8 Å². The Kier molecular flexibility index (Phi) is 3.63. The van der Waals surface area contributed by atoms with E-state index in [0.29, 0.717) is 12.4 Å². The molecule has 0 aliphatic heterocycles. The third-order valence-corrected chi connectivity index (χ3v) is 4.78. The molecule has 3 heterocycles. The van der Waals surface area contributed by atoms with E-state index < -0.39 is 0 Å². The van der Waals surface area contributed by atoms with E-state index in [1.807, 2.05) is 24.6 Å². The van der Waals surface area contributed by atoms with Crippen LogP contribution in [-0.4, -0.2) is 19.5 Å². The minimum atomic E-state index is -0.0472. The van der Waals surface area contributed by atoms with Crippen molar-refractivity contribution < 1.29 is 0 Å². The lowest BCUT2D eigenvalue weighted by Crippen LogP contribution is -2.15. The molecule has 0 bridgehead atoms. The van der Waals surface area contributed by atoms with Crippen LogP contribution in [0.25, 0.3) is 10.2 Å². The van der Waals surface area contributed by atoms with Crippen LogP contribution in [0.1, 0.15) is 35.4 Å². The smallest absolute Gasteiger partial charge is 0.259 e. The Hall–Kier alpha value is -1.95. The number of imidazole rings is 1. The van der Waals surface area contributed by atoms with Crippen LogP contribution in [0.5, 0.6) is 0 Å². The van der Waals surface area contributed by atoms with Gasteiger partial charge in [-0.05, 0) is 25.8 Å². The molecule has 3 rings (SSSR count). The van der Waals surface area contributed by atoms with Crippen molar-refractivity contribution >= 4 is 21.6 Å². The van der Waals surface area contributed by atoms with Gasteiger partial charge in [-0.1, -0.05) is 6.92 Å². The highest BCUT2D eigenvalue weighted by molar-refractivity contribution is 7.18. The topological polar surface area (TPSA) is 63.6 Å². The summed E-state index contributed by atoms with van der Waals surface area (Å²) in [7, 11) is 0. The molecule has 5 nitrogen and oxygen atoms in total. The number of rotatable bonds is 4. The van der Waals surface area contributed by atoms with Gasteiger partial charge in [0.05, 0.1) is 11.9 Å². The number of aromatic amines is 1. The van der Waals surface area contributed by atoms with Crippen LogP contribution in [-0.2, 0) is 13.0 Å². The second kappa shape index (κ2) is 5.44. The molecular formula is C15H18N4OS. The highest BCUT2D eigenvalue weighted by atomic mass is 32.1. The predicted molar refractivity (Wildman–Crippen MR) is 85.0 cm³/mol. The largest absolute Gasteiger partial charge is 0.327 e. The molecule has 0 saturated heterocycles. The van der Waals surface area contributed by atoms with Crippen molar-refractivity contribution in [3.05, 3.63) is 44.8 Å². The minimum Gasteiger partial charge on any atom is -0.327 e. The van der Waals surface area contributed by atoms with E-state index in [-0.39, 0.29) is 5.56 Å². The molecule has 0 atom stereocenters. The van der Waals surface area contributed by atoms with Crippen LogP contribution in [0.3, 0.4) is 0 Å². The molecule has 21 heavy (non-hydrogen) atoms. The zero-order chi connectivity index (χ0) is 15.0. The third kappa shape index (κ3) is 2.51. The zero-order valence-corrected chi connectivity index (χ0v) is 13.3. The maximum absolute atomic E-state index is 12.3. The number of nitrogens with zero attached hydrogens (tertiary/aromatic N) is 3. The predicted octanol–water partition coefficient (Wildman–Crippen LogP) is 2.80. The van der Waals surface area contributed by atoms with Gasteiger partial charge in [-0.25, -0.2) is 9.97 Å². The first-order valence-electron chi connectivity index (χ1n) is 7.09. The molecule has 0 fully saturated rings. The Labute approximate surface area is 126 Å². The zero-order valence-electron chi connectivity index (χ0n) is 12.4. The van der Waals surface area contributed by atoms with E-state index in [1.54, 1.807) is 17.5 Å². The Bertz CT molecular complexity index is 843. The third-order valence-electron chi connectivity index (χ3n) is 3.68. The van der Waals surface area contributed by atoms with E-state index in [4.69, 9.17) is 0 Å². The molecule has 3 aromatic heterocycles. The number of H-pyrrole nitrogens is 1. The number of thiophene rings is 1. The standard InChI is InChI=1S/C15H18N4OS/c1-4-5-12-16-6-7-19(12)8-11-17-14(20)13-9(2)10(3)21-15(13)18-11/h6-7H,4-5,8H2,1-3H3,(H,17,18,20). The maximum Gasteiger partial charge on any atom is 0.259 e. The van der Waals surface area contributed by atoms with Crippen molar-refractivity contribution in [1.82, 2.24) is 19.5 Å². The van der Waals surface area contributed by atoms with Gasteiger partial charge < -0.3 is 9.55 Å². The molecular weight excluding hydrogens is 284 g/mol. The van der Waals surface area contributed by atoms with Gasteiger partial charge in [0.15, 0.2) is 0 Å². The summed E-state index contributed by atoms with van der Waals surface area (Å²) >= 11 is 1.58. The first kappa shape index (κ1) is 14.0. The van der Waals surface area contributed by atoms with Gasteiger partial charge in [0.1, 0.15) is 16.5 Å². The molecule has 0 unspecified atom stereocenters. The molecule has 0 amide bonds. The van der Waals surface area contributed by atoms with Crippen LogP contribution in [0.4, 0.5) is 0 Å². The Morgan fingerprint density at radius 2 is 2.19 bits per heavy atom. The summed E-state index contributed by atoms with van der Waals surface area (Å²) in [6.07, 6.45) is 5.70. The summed E-state index contributed by atoms with van der Waals surface area (Å²) in [5.41, 5.74) is 0.985. The quantitative estimate of drug-likeness (QED) is 0.806. The molecule has 0 aromatic carbocycles. The molecule has 1 N–H and O–H groups in total. The number of hydrogen-bond acceptors (Lipinski definition) is 4. The first-order chi connectivity index (χ1) is 10.1. The second-order valence-electron chi connectivity index (χ2n) is 5.20. The summed E-state index contributed by atoms with van der Waals surface area (Å²) in [5, 5.41) is 0.723. The van der Waals surface area contributed by atoms with Gasteiger partial charge >= 0.3 is 0 Å². The van der Waals surface area contributed by atoms with E-state index in [0.717, 1.165) is 39.3 Å². The minimum absolute atomic E-state index is 0.0472. The maximum atomic E-state index is 12.3. The van der Waals surface area contributed by atoms with Crippen molar-refractivity contribution in [3.8, 4) is 0 Å². The molecule has 3 aromatic rings. The van der Waals surface area contributed by atoms with Crippen molar-refractivity contribution in [2.75, 3.05) is 0 Å². The number of aryl methyl sites for hydroxylation is 3. The van der Waals surface area contributed by atoms with Gasteiger partial charge in [0, 0.05) is 23.7 Å². The first-order valence-corrected chi connectivity index (χ1v) is 7.90. The molecule has 0 spiro atoms. The Morgan fingerprint density at radius 3 is 2.95 bits per heavy atom. The average Bonchev–Trinajstić information content (AvgIpc) is 2.96. The molecule has 6 heteroatoms. The van der Waals surface area contributed by atoms with Gasteiger partial charge in [-0.15, -0.1) is 11.3 Å². The van der Waals surface area contributed by atoms with Gasteiger partial charge in [0.25, 0.3) is 5.56 Å². The fourth-order valence-corrected chi connectivity index (χ4v) is 3.52. The lowest BCUT2D eigenvalue weighted by molar-refractivity contribution is 0.679. The summed E-state index contributed by atoms with van der Waals surface area (Å²) in [5.74, 6) is 1.71. The number of fused-ring (bicyclic) bond motifs is 1. The van der Waals surface area contributed by atoms with E-state index in [9.17, 15) is 4.79 Å². The SMILES string of the molecule is CCCc1nccn1Cc1nc2sc(C)c(C)c2c(=O)[nH]1. The molecule has 0 aliphatic rings. The molecule has 0 saturated carbocycles. The van der Waals surface area contributed by atoms with E-state index in [2.05, 4.69) is 21.9 Å². The summed E-state index contributed by atoms with van der Waals surface area (Å²) in [4.78, 5) is 26.1. The van der Waals surface area contributed by atoms with Crippen LogP contribution >= 0.6 is 11.3 Å². The van der Waals surface area contributed by atoms with Gasteiger partial charge in [0.2, 0.25) is 0 Å². The normalized spacial score (nSPS) is 11.4. The fraction of sp³-hybridized carbons (Fsp3) is 0.400. The van der Waals surface area contributed by atoms with Crippen molar-refractivity contribution in [2.24, 2.45) is 0 Å². The monoisotopic (exact) mass is 302 g/mol.